The Morgan fingerprint density at radius 2 is 1.96 bits per heavy atom. The Hall–Kier alpha value is -1.08. The van der Waals surface area contributed by atoms with Gasteiger partial charge in [-0.15, -0.1) is 11.3 Å². The van der Waals surface area contributed by atoms with Crippen molar-refractivity contribution < 1.29 is 13.6 Å². The van der Waals surface area contributed by atoms with Gasteiger partial charge in [0.25, 0.3) is 0 Å². The highest BCUT2D eigenvalue weighted by atomic mass is 32.1. The van der Waals surface area contributed by atoms with Gasteiger partial charge in [0.15, 0.2) is 0 Å². The lowest BCUT2D eigenvalue weighted by Crippen LogP contribution is -2.50. The van der Waals surface area contributed by atoms with E-state index in [9.17, 15) is 13.6 Å². The first-order valence-electron chi connectivity index (χ1n) is 8.72. The molecule has 1 aromatic heterocycles. The van der Waals surface area contributed by atoms with Crippen LogP contribution in [0.1, 0.15) is 37.1 Å². The van der Waals surface area contributed by atoms with E-state index in [1.165, 1.54) is 6.42 Å². The zero-order valence-corrected chi connectivity index (χ0v) is 14.5. The summed E-state index contributed by atoms with van der Waals surface area (Å²) in [5, 5.41) is 3.17. The van der Waals surface area contributed by atoms with Crippen LogP contribution in [-0.4, -0.2) is 52.8 Å². The van der Waals surface area contributed by atoms with E-state index in [0.29, 0.717) is 5.41 Å². The highest BCUT2D eigenvalue weighted by Crippen LogP contribution is 2.45. The molecule has 4 nitrogen and oxygen atoms in total. The van der Waals surface area contributed by atoms with Gasteiger partial charge in [0.05, 0.1) is 6.54 Å². The van der Waals surface area contributed by atoms with E-state index in [-0.39, 0.29) is 18.7 Å². The third-order valence-electron chi connectivity index (χ3n) is 5.93. The number of likely N-dealkylation sites (tertiary alicyclic amines) is 2. The van der Waals surface area contributed by atoms with E-state index in [1.807, 2.05) is 16.5 Å². The highest BCUT2D eigenvalue weighted by molar-refractivity contribution is 7.09. The van der Waals surface area contributed by atoms with Crippen molar-refractivity contribution in [1.82, 2.24) is 14.8 Å². The second-order valence-corrected chi connectivity index (χ2v) is 8.65. The molecule has 3 heterocycles. The molecule has 132 valence electrons. The van der Waals surface area contributed by atoms with Gasteiger partial charge >= 0.3 is 0 Å². The smallest absolute Gasteiger partial charge is 0.249 e. The average Bonchev–Trinajstić information content (AvgIpc) is 3.16. The van der Waals surface area contributed by atoms with Crippen molar-refractivity contribution in [2.45, 2.75) is 44.6 Å². The van der Waals surface area contributed by atoms with Gasteiger partial charge in [0.2, 0.25) is 11.8 Å². The molecule has 1 aliphatic carbocycles. The zero-order valence-electron chi connectivity index (χ0n) is 13.7. The molecule has 0 atom stereocenters. The molecule has 1 saturated carbocycles. The number of nitrogens with zero attached hydrogens (tertiary/aromatic N) is 3. The van der Waals surface area contributed by atoms with Crippen LogP contribution in [0.4, 0.5) is 8.78 Å². The van der Waals surface area contributed by atoms with Gasteiger partial charge < -0.3 is 4.90 Å². The van der Waals surface area contributed by atoms with Gasteiger partial charge in [-0.05, 0) is 31.2 Å². The Balaban J connectivity index is 1.28. The first-order chi connectivity index (χ1) is 11.4. The average molecular weight is 355 g/mol. The van der Waals surface area contributed by atoms with Crippen LogP contribution in [0, 0.1) is 11.3 Å². The van der Waals surface area contributed by atoms with Crippen LogP contribution in [0.5, 0.6) is 0 Å². The lowest BCUT2D eigenvalue weighted by Gasteiger charge is -2.43. The maximum Gasteiger partial charge on any atom is 0.249 e. The highest BCUT2D eigenvalue weighted by Gasteiger charge is 2.50. The Bertz CT molecular complexity index is 591. The summed E-state index contributed by atoms with van der Waals surface area (Å²) in [6.07, 6.45) is 4.50. The Labute approximate surface area is 144 Å². The molecule has 3 aliphatic rings. The number of aromatic nitrogens is 1. The van der Waals surface area contributed by atoms with Crippen LogP contribution in [0.2, 0.25) is 0 Å². The first-order valence-corrected chi connectivity index (χ1v) is 9.60. The molecule has 1 spiro atoms. The summed E-state index contributed by atoms with van der Waals surface area (Å²) in [6.45, 7) is 4.52. The van der Waals surface area contributed by atoms with Crippen LogP contribution in [0.15, 0.2) is 11.6 Å². The van der Waals surface area contributed by atoms with Crippen molar-refractivity contribution in [2.24, 2.45) is 11.3 Å². The van der Waals surface area contributed by atoms with E-state index in [4.69, 9.17) is 0 Å². The summed E-state index contributed by atoms with van der Waals surface area (Å²) in [6, 6.07) is 0. The number of halogens is 2. The van der Waals surface area contributed by atoms with Crippen molar-refractivity contribution in [1.29, 1.82) is 0 Å². The molecule has 1 aromatic rings. The lowest BCUT2D eigenvalue weighted by atomic mass is 9.76. The molecule has 2 saturated heterocycles. The summed E-state index contributed by atoms with van der Waals surface area (Å²) in [5.41, 5.74) is 0.303. The van der Waals surface area contributed by atoms with Crippen LogP contribution in [-0.2, 0) is 11.3 Å². The summed E-state index contributed by atoms with van der Waals surface area (Å²) < 4.78 is 25.9. The SMILES string of the molecule is O=C(C1CC(F)(F)C1)N1CCC2(CCN(Cc3nccs3)C2)CC1. The minimum absolute atomic E-state index is 0.0478. The summed E-state index contributed by atoms with van der Waals surface area (Å²) in [5.74, 6) is -3.11. The molecule has 2 aliphatic heterocycles. The topological polar surface area (TPSA) is 36.4 Å². The number of carbonyl (C=O) groups is 1. The van der Waals surface area contributed by atoms with E-state index < -0.39 is 11.8 Å². The van der Waals surface area contributed by atoms with Crippen molar-refractivity contribution in [3.05, 3.63) is 16.6 Å². The third-order valence-corrected chi connectivity index (χ3v) is 6.70. The maximum absolute atomic E-state index is 13.0. The van der Waals surface area contributed by atoms with E-state index in [0.717, 1.165) is 50.6 Å². The van der Waals surface area contributed by atoms with Gasteiger partial charge in [-0.1, -0.05) is 0 Å². The number of rotatable bonds is 3. The van der Waals surface area contributed by atoms with Crippen molar-refractivity contribution >= 4 is 17.2 Å². The largest absolute Gasteiger partial charge is 0.342 e. The zero-order chi connectivity index (χ0) is 16.8. The van der Waals surface area contributed by atoms with Crippen LogP contribution in [0.25, 0.3) is 0 Å². The third kappa shape index (κ3) is 3.20. The second kappa shape index (κ2) is 6.02. The van der Waals surface area contributed by atoms with Gasteiger partial charge in [0, 0.05) is 50.0 Å². The molecule has 0 bridgehead atoms. The molecule has 3 fully saturated rings. The summed E-state index contributed by atoms with van der Waals surface area (Å²) >= 11 is 1.69. The van der Waals surface area contributed by atoms with Crippen LogP contribution < -0.4 is 0 Å². The normalized spacial score (nSPS) is 26.7. The molecule has 7 heteroatoms. The molecule has 24 heavy (non-hydrogen) atoms. The molecule has 1 amide bonds. The van der Waals surface area contributed by atoms with E-state index in [2.05, 4.69) is 9.88 Å². The number of hydrogen-bond donors (Lipinski definition) is 0. The molecular formula is C17H23F2N3OS. The predicted octanol–water partition coefficient (Wildman–Crippen LogP) is 3.00. The fraction of sp³-hybridized carbons (Fsp3) is 0.765. The van der Waals surface area contributed by atoms with E-state index >= 15 is 0 Å². The van der Waals surface area contributed by atoms with Crippen LogP contribution >= 0.6 is 11.3 Å². The van der Waals surface area contributed by atoms with Crippen molar-refractivity contribution in [3.8, 4) is 0 Å². The first kappa shape index (κ1) is 16.4. The van der Waals surface area contributed by atoms with Gasteiger partial charge in [0.1, 0.15) is 5.01 Å². The Morgan fingerprint density at radius 3 is 2.58 bits per heavy atom. The quantitative estimate of drug-likeness (QED) is 0.836. The van der Waals surface area contributed by atoms with Crippen molar-refractivity contribution in [2.75, 3.05) is 26.2 Å². The summed E-state index contributed by atoms with van der Waals surface area (Å²) in [4.78, 5) is 21.0. The summed E-state index contributed by atoms with van der Waals surface area (Å²) in [7, 11) is 0. The molecule has 0 radical (unpaired) electrons. The van der Waals surface area contributed by atoms with Crippen molar-refractivity contribution in [3.63, 3.8) is 0 Å². The molecule has 0 N–H and O–H groups in total. The fourth-order valence-electron chi connectivity index (χ4n) is 4.39. The molecule has 4 rings (SSSR count). The minimum atomic E-state index is -2.61. The lowest BCUT2D eigenvalue weighted by molar-refractivity contribution is -0.161. The minimum Gasteiger partial charge on any atom is -0.342 e. The van der Waals surface area contributed by atoms with Crippen LogP contribution in [0.3, 0.4) is 0 Å². The van der Waals surface area contributed by atoms with Gasteiger partial charge in [-0.2, -0.15) is 0 Å². The molecular weight excluding hydrogens is 332 g/mol. The molecule has 0 unspecified atom stereocenters. The number of piperidine rings is 1. The van der Waals surface area contributed by atoms with Gasteiger partial charge in [-0.3, -0.25) is 9.69 Å². The number of thiazole rings is 1. The number of amides is 1. The maximum atomic E-state index is 13.0. The number of alkyl halides is 2. The Morgan fingerprint density at radius 1 is 1.25 bits per heavy atom. The van der Waals surface area contributed by atoms with Gasteiger partial charge in [-0.25, -0.2) is 13.8 Å². The monoisotopic (exact) mass is 355 g/mol. The fourth-order valence-corrected chi connectivity index (χ4v) is 5.05. The molecule has 0 aromatic carbocycles. The second-order valence-electron chi connectivity index (χ2n) is 7.67. The predicted molar refractivity (Wildman–Crippen MR) is 87.9 cm³/mol. The number of hydrogen-bond acceptors (Lipinski definition) is 4. The van der Waals surface area contributed by atoms with E-state index in [1.54, 1.807) is 11.3 Å². The Kier molecular flexibility index (Phi) is 4.11. The standard InChI is InChI=1S/C17H23F2N3OS/c18-17(19)9-13(10-17)15(23)22-6-2-16(3-7-22)1-5-21(12-16)11-14-20-4-8-24-14/h4,8,13H,1-3,5-7,9-12H2. The number of carbonyl (C=O) groups excluding carboxylic acids is 1.